The third-order valence-electron chi connectivity index (χ3n) is 2.51. The molecular weight excluding hydrogens is 313 g/mol. The predicted octanol–water partition coefficient (Wildman–Crippen LogP) is 3.51. The molecule has 0 amide bonds. The molecule has 0 bridgehead atoms. The Hall–Kier alpha value is -1.47. The fourth-order valence-corrected chi connectivity index (χ4v) is 1.81. The molecule has 8 heteroatoms. The van der Waals surface area contributed by atoms with Gasteiger partial charge in [-0.1, -0.05) is 11.6 Å². The van der Waals surface area contributed by atoms with Crippen molar-refractivity contribution in [3.8, 4) is 11.5 Å². The molecule has 4 nitrogen and oxygen atoms in total. The van der Waals surface area contributed by atoms with Gasteiger partial charge >= 0.3 is 6.18 Å². The molecule has 21 heavy (non-hydrogen) atoms. The topological polar surface area (TPSA) is 44.8 Å². The predicted molar refractivity (Wildman–Crippen MR) is 70.4 cm³/mol. The summed E-state index contributed by atoms with van der Waals surface area (Å²) in [5, 5.41) is 0.133. The number of hydrogen-bond donors (Lipinski definition) is 0. The molecule has 0 aliphatic carbocycles. The van der Waals surface area contributed by atoms with Crippen molar-refractivity contribution >= 4 is 17.4 Å². The number of benzene rings is 1. The van der Waals surface area contributed by atoms with E-state index in [9.17, 15) is 18.0 Å². The second-order valence-corrected chi connectivity index (χ2v) is 4.44. The highest BCUT2D eigenvalue weighted by atomic mass is 35.5. The van der Waals surface area contributed by atoms with Crippen LogP contribution in [0, 0.1) is 0 Å². The van der Waals surface area contributed by atoms with Gasteiger partial charge in [0, 0.05) is 18.1 Å². The van der Waals surface area contributed by atoms with E-state index < -0.39 is 18.6 Å². The number of ether oxygens (including phenoxy) is 3. The first kappa shape index (κ1) is 17.6. The fourth-order valence-electron chi connectivity index (χ4n) is 1.56. The van der Waals surface area contributed by atoms with Crippen LogP contribution >= 0.6 is 11.6 Å². The third-order valence-corrected chi connectivity index (χ3v) is 2.83. The molecule has 118 valence electrons. The maximum absolute atomic E-state index is 11.9. The number of Topliss-reactive ketones (excluding diaryl/α,β-unsaturated/α-hetero) is 1. The molecule has 0 aromatic heterocycles. The number of methoxy groups -OCH3 is 2. The molecule has 0 unspecified atom stereocenters. The standard InChI is InChI=1S/C13H14ClF3O4/c1-19-11-5-8(9(14)6-12(11)20-2)10(18)3-4-21-7-13(15,16)17/h5-6H,3-4,7H2,1-2H3. The highest BCUT2D eigenvalue weighted by Crippen LogP contribution is 2.33. The van der Waals surface area contributed by atoms with Gasteiger partial charge < -0.3 is 14.2 Å². The van der Waals surface area contributed by atoms with Crippen molar-refractivity contribution in [1.82, 2.24) is 0 Å². The lowest BCUT2D eigenvalue weighted by Gasteiger charge is -2.11. The Kier molecular flexibility index (Phi) is 6.29. The summed E-state index contributed by atoms with van der Waals surface area (Å²) in [6.45, 7) is -1.73. The van der Waals surface area contributed by atoms with Crippen LogP contribution < -0.4 is 9.47 Å². The van der Waals surface area contributed by atoms with E-state index in [4.69, 9.17) is 21.1 Å². The number of halogens is 4. The van der Waals surface area contributed by atoms with Crippen molar-refractivity contribution in [3.05, 3.63) is 22.7 Å². The molecule has 0 N–H and O–H groups in total. The number of ketones is 1. The average molecular weight is 327 g/mol. The Balaban J connectivity index is 2.70. The summed E-state index contributed by atoms with van der Waals surface area (Å²) in [4.78, 5) is 11.9. The van der Waals surface area contributed by atoms with E-state index in [0.717, 1.165) is 0 Å². The van der Waals surface area contributed by atoms with Crippen molar-refractivity contribution in [3.63, 3.8) is 0 Å². The molecule has 1 rings (SSSR count). The Morgan fingerprint density at radius 1 is 1.19 bits per heavy atom. The summed E-state index contributed by atoms with van der Waals surface area (Å²) in [6.07, 6.45) is -4.63. The van der Waals surface area contributed by atoms with Gasteiger partial charge in [0.05, 0.1) is 25.8 Å². The van der Waals surface area contributed by atoms with Gasteiger partial charge in [-0.05, 0) is 6.07 Å². The molecule has 0 saturated heterocycles. The average Bonchev–Trinajstić information content (AvgIpc) is 2.41. The minimum atomic E-state index is -4.41. The summed E-state index contributed by atoms with van der Waals surface area (Å²) < 4.78 is 50.1. The number of carbonyl (C=O) groups excluding carboxylic acids is 1. The maximum Gasteiger partial charge on any atom is 0.411 e. The Morgan fingerprint density at radius 3 is 2.29 bits per heavy atom. The van der Waals surface area contributed by atoms with Gasteiger partial charge in [-0.2, -0.15) is 13.2 Å². The Labute approximate surface area is 124 Å². The zero-order valence-electron chi connectivity index (χ0n) is 11.4. The lowest BCUT2D eigenvalue weighted by molar-refractivity contribution is -0.173. The molecule has 1 aromatic rings. The van der Waals surface area contributed by atoms with Crippen molar-refractivity contribution < 1.29 is 32.2 Å². The molecule has 0 spiro atoms. The molecule has 0 atom stereocenters. The zero-order chi connectivity index (χ0) is 16.0. The summed E-state index contributed by atoms with van der Waals surface area (Å²) in [5.74, 6) is 0.219. The highest BCUT2D eigenvalue weighted by Gasteiger charge is 2.27. The van der Waals surface area contributed by atoms with E-state index in [0.29, 0.717) is 11.5 Å². The second-order valence-electron chi connectivity index (χ2n) is 4.03. The lowest BCUT2D eigenvalue weighted by atomic mass is 10.1. The largest absolute Gasteiger partial charge is 0.493 e. The quantitative estimate of drug-likeness (QED) is 0.568. The van der Waals surface area contributed by atoms with Gasteiger partial charge in [0.15, 0.2) is 17.3 Å². The van der Waals surface area contributed by atoms with Crippen LogP contribution in [0.15, 0.2) is 12.1 Å². The monoisotopic (exact) mass is 326 g/mol. The summed E-state index contributed by atoms with van der Waals surface area (Å²) in [7, 11) is 2.81. The first-order valence-electron chi connectivity index (χ1n) is 5.87. The Morgan fingerprint density at radius 2 is 1.76 bits per heavy atom. The van der Waals surface area contributed by atoms with Gasteiger partial charge in [0.1, 0.15) is 6.61 Å². The number of rotatable bonds is 7. The van der Waals surface area contributed by atoms with Gasteiger partial charge in [0.2, 0.25) is 0 Å². The minimum Gasteiger partial charge on any atom is -0.493 e. The number of alkyl halides is 3. The molecule has 0 radical (unpaired) electrons. The van der Waals surface area contributed by atoms with E-state index in [2.05, 4.69) is 4.74 Å². The molecule has 1 aromatic carbocycles. The van der Waals surface area contributed by atoms with Crippen molar-refractivity contribution in [2.75, 3.05) is 27.4 Å². The van der Waals surface area contributed by atoms with Crippen molar-refractivity contribution in [1.29, 1.82) is 0 Å². The third kappa shape index (κ3) is 5.43. The summed E-state index contributed by atoms with van der Waals surface area (Å²) in [6, 6.07) is 2.79. The van der Waals surface area contributed by atoms with Crippen molar-refractivity contribution in [2.24, 2.45) is 0 Å². The molecular formula is C13H14ClF3O4. The van der Waals surface area contributed by atoms with E-state index in [1.807, 2.05) is 0 Å². The van der Waals surface area contributed by atoms with Crippen LogP contribution in [0.1, 0.15) is 16.8 Å². The van der Waals surface area contributed by atoms with E-state index in [1.165, 1.54) is 26.4 Å². The molecule has 0 heterocycles. The SMILES string of the molecule is COc1cc(Cl)c(C(=O)CCOCC(F)(F)F)cc1OC. The smallest absolute Gasteiger partial charge is 0.411 e. The van der Waals surface area contributed by atoms with Gasteiger partial charge in [-0.15, -0.1) is 0 Å². The number of carbonyl (C=O) groups is 1. The second kappa shape index (κ2) is 7.51. The lowest BCUT2D eigenvalue weighted by Crippen LogP contribution is -2.18. The van der Waals surface area contributed by atoms with Crippen LogP contribution in [0.2, 0.25) is 5.02 Å². The molecule has 0 fully saturated rings. The van der Waals surface area contributed by atoms with Crippen LogP contribution in [0.5, 0.6) is 11.5 Å². The Bertz CT molecular complexity index is 503. The minimum absolute atomic E-state index is 0.133. The fraction of sp³-hybridized carbons (Fsp3) is 0.462. The first-order chi connectivity index (χ1) is 9.78. The highest BCUT2D eigenvalue weighted by molar-refractivity contribution is 6.34. The van der Waals surface area contributed by atoms with Gasteiger partial charge in [-0.25, -0.2) is 0 Å². The van der Waals surface area contributed by atoms with Crippen LogP contribution in [0.25, 0.3) is 0 Å². The van der Waals surface area contributed by atoms with Crippen molar-refractivity contribution in [2.45, 2.75) is 12.6 Å². The van der Waals surface area contributed by atoms with E-state index >= 15 is 0 Å². The van der Waals surface area contributed by atoms with Gasteiger partial charge in [-0.3, -0.25) is 4.79 Å². The van der Waals surface area contributed by atoms with Gasteiger partial charge in [0.25, 0.3) is 0 Å². The zero-order valence-corrected chi connectivity index (χ0v) is 12.2. The number of hydrogen-bond acceptors (Lipinski definition) is 4. The van der Waals surface area contributed by atoms with Crippen LogP contribution in [-0.2, 0) is 4.74 Å². The molecule has 0 saturated carbocycles. The summed E-state index contributed by atoms with van der Waals surface area (Å²) >= 11 is 5.94. The summed E-state index contributed by atoms with van der Waals surface area (Å²) in [5.41, 5.74) is 0.143. The van der Waals surface area contributed by atoms with E-state index in [-0.39, 0.29) is 23.6 Å². The maximum atomic E-state index is 11.9. The van der Waals surface area contributed by atoms with Crippen LogP contribution in [-0.4, -0.2) is 39.4 Å². The molecule has 0 aliphatic heterocycles. The van der Waals surface area contributed by atoms with Crippen LogP contribution in [0.4, 0.5) is 13.2 Å². The first-order valence-corrected chi connectivity index (χ1v) is 6.25. The molecule has 0 aliphatic rings. The van der Waals surface area contributed by atoms with E-state index in [1.54, 1.807) is 0 Å². The normalized spacial score (nSPS) is 11.3. The van der Waals surface area contributed by atoms with Crippen LogP contribution in [0.3, 0.4) is 0 Å².